The molecule has 3 rings (SSSR count). The van der Waals surface area contributed by atoms with Crippen molar-refractivity contribution in [3.8, 4) is 5.75 Å². The van der Waals surface area contributed by atoms with E-state index in [-0.39, 0.29) is 11.3 Å². The van der Waals surface area contributed by atoms with E-state index in [1.54, 1.807) is 18.2 Å². The lowest BCUT2D eigenvalue weighted by atomic mass is 10.0. The SMILES string of the molecule is CCc1c(C(=O)C(N)=O)c2c(OCC(=O)NCC(=O)O)cccc2n1Cc1ccccc1. The van der Waals surface area contributed by atoms with Crippen molar-refractivity contribution in [2.75, 3.05) is 13.2 Å². The van der Waals surface area contributed by atoms with Gasteiger partial charge in [-0.05, 0) is 24.1 Å². The standard InChI is InChI=1S/C23H23N3O6/c1-2-15-21(22(30)23(24)31)20-16(26(15)12-14-7-4-3-5-8-14)9-6-10-17(20)32-13-18(27)25-11-19(28)29/h3-10H,2,11-13H2,1H3,(H2,24,31)(H,25,27)(H,28,29). The number of hydrogen-bond acceptors (Lipinski definition) is 5. The number of Topliss-reactive ketones (excluding diaryl/α,β-unsaturated/α-hetero) is 1. The lowest BCUT2D eigenvalue weighted by Crippen LogP contribution is -2.33. The van der Waals surface area contributed by atoms with Crippen LogP contribution >= 0.6 is 0 Å². The predicted octanol–water partition coefficient (Wildman–Crippen LogP) is 1.50. The van der Waals surface area contributed by atoms with Gasteiger partial charge in [0.25, 0.3) is 17.6 Å². The van der Waals surface area contributed by atoms with Crippen LogP contribution in [0.15, 0.2) is 48.5 Å². The molecule has 2 amide bonds. The van der Waals surface area contributed by atoms with E-state index in [0.717, 1.165) is 5.56 Å². The second-order valence-corrected chi connectivity index (χ2v) is 7.05. The quantitative estimate of drug-likeness (QED) is 0.324. The van der Waals surface area contributed by atoms with E-state index >= 15 is 0 Å². The summed E-state index contributed by atoms with van der Waals surface area (Å²) in [5.41, 5.74) is 7.74. The summed E-state index contributed by atoms with van der Waals surface area (Å²) < 4.78 is 7.55. The van der Waals surface area contributed by atoms with Gasteiger partial charge in [-0.15, -0.1) is 0 Å². The van der Waals surface area contributed by atoms with E-state index in [2.05, 4.69) is 5.32 Å². The zero-order valence-corrected chi connectivity index (χ0v) is 17.5. The zero-order valence-electron chi connectivity index (χ0n) is 17.5. The number of benzene rings is 2. The third kappa shape index (κ3) is 4.77. The summed E-state index contributed by atoms with van der Waals surface area (Å²) >= 11 is 0. The van der Waals surface area contributed by atoms with Crippen LogP contribution in [0.3, 0.4) is 0 Å². The third-order valence-electron chi connectivity index (χ3n) is 4.92. The van der Waals surface area contributed by atoms with Crippen LogP contribution in [0.1, 0.15) is 28.5 Å². The molecule has 0 aliphatic carbocycles. The molecule has 0 unspecified atom stereocenters. The molecule has 0 aliphatic heterocycles. The minimum atomic E-state index is -1.18. The summed E-state index contributed by atoms with van der Waals surface area (Å²) in [7, 11) is 0. The molecule has 0 radical (unpaired) electrons. The summed E-state index contributed by atoms with van der Waals surface area (Å²) in [5.74, 6) is -3.52. The Balaban J connectivity index is 2.09. The molecular weight excluding hydrogens is 414 g/mol. The fourth-order valence-corrected chi connectivity index (χ4v) is 3.59. The number of nitrogens with two attached hydrogens (primary N) is 1. The van der Waals surface area contributed by atoms with Gasteiger partial charge in [-0.1, -0.05) is 43.3 Å². The molecule has 9 nitrogen and oxygen atoms in total. The number of primary amides is 1. The van der Waals surface area contributed by atoms with Crippen LogP contribution in [0, 0.1) is 0 Å². The molecule has 0 fully saturated rings. The maximum Gasteiger partial charge on any atom is 0.322 e. The van der Waals surface area contributed by atoms with Crippen molar-refractivity contribution >= 4 is 34.5 Å². The van der Waals surface area contributed by atoms with Gasteiger partial charge in [0.1, 0.15) is 12.3 Å². The van der Waals surface area contributed by atoms with Gasteiger partial charge in [0, 0.05) is 12.2 Å². The van der Waals surface area contributed by atoms with Crippen LogP contribution in [-0.2, 0) is 27.3 Å². The first-order chi connectivity index (χ1) is 15.3. The van der Waals surface area contributed by atoms with Crippen molar-refractivity contribution in [2.24, 2.45) is 5.73 Å². The van der Waals surface area contributed by atoms with Crippen LogP contribution in [-0.4, -0.2) is 46.4 Å². The molecule has 2 aromatic carbocycles. The number of ketones is 1. The number of hydrogen-bond donors (Lipinski definition) is 3. The fourth-order valence-electron chi connectivity index (χ4n) is 3.59. The Hall–Kier alpha value is -4.14. The Morgan fingerprint density at radius 2 is 1.78 bits per heavy atom. The molecule has 9 heteroatoms. The molecule has 0 bridgehead atoms. The first-order valence-electron chi connectivity index (χ1n) is 9.96. The summed E-state index contributed by atoms with van der Waals surface area (Å²) in [6, 6.07) is 14.7. The molecule has 0 saturated heterocycles. The predicted molar refractivity (Wildman–Crippen MR) is 117 cm³/mol. The maximum absolute atomic E-state index is 12.8. The Kier molecular flexibility index (Phi) is 6.89. The minimum Gasteiger partial charge on any atom is -0.483 e. The number of carboxylic acids is 1. The number of rotatable bonds is 10. The minimum absolute atomic E-state index is 0.146. The highest BCUT2D eigenvalue weighted by atomic mass is 16.5. The number of carbonyl (C=O) groups excluding carboxylic acids is 3. The van der Waals surface area contributed by atoms with E-state index in [1.807, 2.05) is 41.8 Å². The van der Waals surface area contributed by atoms with Gasteiger partial charge in [-0.3, -0.25) is 19.2 Å². The molecule has 0 saturated carbocycles. The lowest BCUT2D eigenvalue weighted by Gasteiger charge is -2.11. The van der Waals surface area contributed by atoms with Gasteiger partial charge in [-0.2, -0.15) is 0 Å². The normalized spacial score (nSPS) is 10.7. The highest BCUT2D eigenvalue weighted by Crippen LogP contribution is 2.35. The first-order valence-corrected chi connectivity index (χ1v) is 9.96. The Bertz CT molecular complexity index is 1180. The third-order valence-corrected chi connectivity index (χ3v) is 4.92. The second-order valence-electron chi connectivity index (χ2n) is 7.05. The van der Waals surface area contributed by atoms with Crippen LogP contribution in [0.5, 0.6) is 5.75 Å². The number of nitrogens with one attached hydrogen (secondary N) is 1. The van der Waals surface area contributed by atoms with Crippen LogP contribution in [0.25, 0.3) is 10.9 Å². The molecule has 166 valence electrons. The number of aliphatic carboxylic acids is 1. The fraction of sp³-hybridized carbons (Fsp3) is 0.217. The highest BCUT2D eigenvalue weighted by Gasteiger charge is 2.27. The summed E-state index contributed by atoms with van der Waals surface area (Å²) in [6.07, 6.45) is 0.453. The van der Waals surface area contributed by atoms with Gasteiger partial charge in [0.15, 0.2) is 6.61 Å². The number of amides is 2. The van der Waals surface area contributed by atoms with Crippen molar-refractivity contribution in [1.82, 2.24) is 9.88 Å². The van der Waals surface area contributed by atoms with Crippen molar-refractivity contribution in [1.29, 1.82) is 0 Å². The summed E-state index contributed by atoms with van der Waals surface area (Å²) in [4.78, 5) is 47.1. The Labute approximate surface area is 183 Å². The van der Waals surface area contributed by atoms with Gasteiger partial charge in [0.2, 0.25) is 0 Å². The maximum atomic E-state index is 12.8. The second kappa shape index (κ2) is 9.78. The summed E-state index contributed by atoms with van der Waals surface area (Å²) in [5, 5.41) is 11.3. The average Bonchev–Trinajstić information content (AvgIpc) is 3.10. The van der Waals surface area contributed by atoms with Crippen molar-refractivity contribution in [2.45, 2.75) is 19.9 Å². The largest absolute Gasteiger partial charge is 0.483 e. The van der Waals surface area contributed by atoms with E-state index < -0.39 is 36.7 Å². The number of ether oxygens (including phenoxy) is 1. The van der Waals surface area contributed by atoms with Crippen LogP contribution in [0.2, 0.25) is 0 Å². The van der Waals surface area contributed by atoms with E-state index in [1.165, 1.54) is 0 Å². The number of aromatic nitrogens is 1. The summed E-state index contributed by atoms with van der Waals surface area (Å²) in [6.45, 7) is 1.33. The molecule has 1 heterocycles. The van der Waals surface area contributed by atoms with E-state index in [4.69, 9.17) is 15.6 Å². The van der Waals surface area contributed by atoms with Crippen molar-refractivity contribution in [3.63, 3.8) is 0 Å². The van der Waals surface area contributed by atoms with Gasteiger partial charge in [0.05, 0.1) is 16.5 Å². The average molecular weight is 437 g/mol. The Morgan fingerprint density at radius 3 is 2.41 bits per heavy atom. The molecule has 4 N–H and O–H groups in total. The van der Waals surface area contributed by atoms with Crippen molar-refractivity contribution in [3.05, 3.63) is 65.4 Å². The topological polar surface area (TPSA) is 141 Å². The Morgan fingerprint density at radius 1 is 1.06 bits per heavy atom. The lowest BCUT2D eigenvalue weighted by molar-refractivity contribution is -0.138. The molecular formula is C23H23N3O6. The molecule has 1 aromatic heterocycles. The highest BCUT2D eigenvalue weighted by molar-refractivity contribution is 6.45. The van der Waals surface area contributed by atoms with Crippen LogP contribution < -0.4 is 15.8 Å². The molecule has 0 spiro atoms. The molecule has 32 heavy (non-hydrogen) atoms. The van der Waals surface area contributed by atoms with Gasteiger partial charge in [-0.25, -0.2) is 0 Å². The van der Waals surface area contributed by atoms with Gasteiger partial charge < -0.3 is 25.5 Å². The number of carboxylic acid groups (broad SMARTS) is 1. The molecule has 0 atom stereocenters. The molecule has 3 aromatic rings. The monoisotopic (exact) mass is 437 g/mol. The molecule has 0 aliphatic rings. The number of carbonyl (C=O) groups is 4. The van der Waals surface area contributed by atoms with E-state index in [9.17, 15) is 19.2 Å². The van der Waals surface area contributed by atoms with Gasteiger partial charge >= 0.3 is 5.97 Å². The zero-order chi connectivity index (χ0) is 23.3. The van der Waals surface area contributed by atoms with E-state index in [0.29, 0.717) is 29.6 Å². The number of nitrogens with zero attached hydrogens (tertiary/aromatic N) is 1. The van der Waals surface area contributed by atoms with Crippen molar-refractivity contribution < 1.29 is 29.0 Å². The first kappa shape index (κ1) is 22.5. The number of fused-ring (bicyclic) bond motifs is 1. The smallest absolute Gasteiger partial charge is 0.322 e. The van der Waals surface area contributed by atoms with Crippen LogP contribution in [0.4, 0.5) is 0 Å².